The van der Waals surface area contributed by atoms with Crippen molar-refractivity contribution in [3.63, 3.8) is 0 Å². The van der Waals surface area contributed by atoms with Gasteiger partial charge in [-0.2, -0.15) is 0 Å². The second-order valence-electron chi connectivity index (χ2n) is 5.47. The van der Waals surface area contributed by atoms with Crippen LogP contribution < -0.4 is 5.73 Å². The monoisotopic (exact) mass is 280 g/mol. The highest BCUT2D eigenvalue weighted by Crippen LogP contribution is 2.25. The van der Waals surface area contributed by atoms with Gasteiger partial charge in [-0.1, -0.05) is 24.7 Å². The molecule has 0 radical (unpaired) electrons. The van der Waals surface area contributed by atoms with Gasteiger partial charge in [0.05, 0.1) is 0 Å². The Morgan fingerprint density at radius 1 is 1.37 bits per heavy atom. The first-order valence-electron chi connectivity index (χ1n) is 6.83. The van der Waals surface area contributed by atoms with E-state index in [2.05, 4.69) is 18.7 Å². The fourth-order valence-corrected chi connectivity index (χ4v) is 3.09. The van der Waals surface area contributed by atoms with E-state index in [9.17, 15) is 4.39 Å². The third-order valence-electron chi connectivity index (χ3n) is 4.07. The Kier molecular flexibility index (Phi) is 4.53. The molecule has 0 saturated carbocycles. The summed E-state index contributed by atoms with van der Waals surface area (Å²) in [6, 6.07) is 5.83. The van der Waals surface area contributed by atoms with Crippen LogP contribution in [-0.2, 0) is 6.54 Å². The largest absolute Gasteiger partial charge is 0.389 e. The zero-order valence-corrected chi connectivity index (χ0v) is 12.3. The standard InChI is InChI=1S/C15H21FN2S/c1-10-4-3-5-11(2)18(10)9-12-6-7-13(16)8-14(12)15(17)19/h6-8,10-11H,3-5,9H2,1-2H3,(H2,17,19). The first-order valence-corrected chi connectivity index (χ1v) is 7.24. The molecule has 2 unspecified atom stereocenters. The number of halogens is 1. The quantitative estimate of drug-likeness (QED) is 0.862. The van der Waals surface area contributed by atoms with Gasteiger partial charge in [0.25, 0.3) is 0 Å². The molecule has 2 atom stereocenters. The van der Waals surface area contributed by atoms with Gasteiger partial charge in [0.1, 0.15) is 10.8 Å². The average Bonchev–Trinajstić information content (AvgIpc) is 2.35. The molecule has 104 valence electrons. The van der Waals surface area contributed by atoms with Crippen molar-refractivity contribution in [1.29, 1.82) is 0 Å². The molecule has 1 aromatic carbocycles. The van der Waals surface area contributed by atoms with E-state index in [-0.39, 0.29) is 10.8 Å². The van der Waals surface area contributed by atoms with E-state index < -0.39 is 0 Å². The van der Waals surface area contributed by atoms with E-state index >= 15 is 0 Å². The van der Waals surface area contributed by atoms with Crippen LogP contribution in [0.3, 0.4) is 0 Å². The van der Waals surface area contributed by atoms with E-state index in [4.69, 9.17) is 18.0 Å². The van der Waals surface area contributed by atoms with Gasteiger partial charge < -0.3 is 5.73 Å². The maximum absolute atomic E-state index is 13.3. The molecule has 4 heteroatoms. The van der Waals surface area contributed by atoms with Crippen molar-refractivity contribution in [3.8, 4) is 0 Å². The molecule has 2 nitrogen and oxygen atoms in total. The number of thiocarbonyl (C=S) groups is 1. The van der Waals surface area contributed by atoms with Gasteiger partial charge in [-0.3, -0.25) is 4.90 Å². The van der Waals surface area contributed by atoms with Crippen molar-refractivity contribution < 1.29 is 4.39 Å². The lowest BCUT2D eigenvalue weighted by Gasteiger charge is -2.39. The summed E-state index contributed by atoms with van der Waals surface area (Å²) in [5.74, 6) is -0.286. The number of likely N-dealkylation sites (tertiary alicyclic amines) is 1. The topological polar surface area (TPSA) is 29.3 Å². The Hall–Kier alpha value is -1.00. The number of hydrogen-bond donors (Lipinski definition) is 1. The van der Waals surface area contributed by atoms with E-state index in [0.717, 1.165) is 12.1 Å². The summed E-state index contributed by atoms with van der Waals surface area (Å²) in [7, 11) is 0. The average molecular weight is 280 g/mol. The lowest BCUT2D eigenvalue weighted by molar-refractivity contribution is 0.0952. The number of nitrogens with zero attached hydrogens (tertiary/aromatic N) is 1. The fraction of sp³-hybridized carbons (Fsp3) is 0.533. The third kappa shape index (κ3) is 3.31. The second kappa shape index (κ2) is 5.97. The summed E-state index contributed by atoms with van der Waals surface area (Å²) in [4.78, 5) is 2.73. The van der Waals surface area contributed by atoms with Crippen LogP contribution in [0.15, 0.2) is 18.2 Å². The van der Waals surface area contributed by atoms with Gasteiger partial charge in [0.15, 0.2) is 0 Å². The fourth-order valence-electron chi connectivity index (χ4n) is 2.90. The Morgan fingerprint density at radius 3 is 2.58 bits per heavy atom. The van der Waals surface area contributed by atoms with Crippen LogP contribution >= 0.6 is 12.2 Å². The Bertz CT molecular complexity index is 465. The molecular weight excluding hydrogens is 259 g/mol. The van der Waals surface area contributed by atoms with Crippen molar-refractivity contribution in [2.75, 3.05) is 0 Å². The van der Waals surface area contributed by atoms with Crippen molar-refractivity contribution in [2.24, 2.45) is 5.73 Å². The summed E-state index contributed by atoms with van der Waals surface area (Å²) in [5, 5.41) is 0. The molecule has 2 rings (SSSR count). The summed E-state index contributed by atoms with van der Waals surface area (Å²) >= 11 is 5.03. The van der Waals surface area contributed by atoms with Gasteiger partial charge in [-0.05, 0) is 44.4 Å². The van der Waals surface area contributed by atoms with Gasteiger partial charge >= 0.3 is 0 Å². The molecule has 1 saturated heterocycles. The predicted molar refractivity (Wildman–Crippen MR) is 80.6 cm³/mol. The highest BCUT2D eigenvalue weighted by molar-refractivity contribution is 7.80. The number of benzene rings is 1. The Balaban J connectivity index is 2.24. The lowest BCUT2D eigenvalue weighted by atomic mass is 9.96. The van der Waals surface area contributed by atoms with Crippen LogP contribution in [0.1, 0.15) is 44.2 Å². The molecule has 1 heterocycles. The lowest BCUT2D eigenvalue weighted by Crippen LogP contribution is -2.43. The third-order valence-corrected chi connectivity index (χ3v) is 4.29. The molecule has 0 bridgehead atoms. The maximum Gasteiger partial charge on any atom is 0.123 e. The van der Waals surface area contributed by atoms with Crippen LogP contribution in [0.2, 0.25) is 0 Å². The van der Waals surface area contributed by atoms with Crippen LogP contribution in [0.25, 0.3) is 0 Å². The van der Waals surface area contributed by atoms with Crippen molar-refractivity contribution >= 4 is 17.2 Å². The summed E-state index contributed by atoms with van der Waals surface area (Å²) in [5.41, 5.74) is 7.39. The Labute approximate surface area is 119 Å². The number of hydrogen-bond acceptors (Lipinski definition) is 2. The van der Waals surface area contributed by atoms with Crippen LogP contribution in [0.5, 0.6) is 0 Å². The molecule has 1 aliphatic rings. The van der Waals surface area contributed by atoms with Crippen molar-refractivity contribution in [2.45, 2.75) is 51.7 Å². The van der Waals surface area contributed by atoms with Crippen LogP contribution in [0, 0.1) is 5.82 Å². The number of nitrogens with two attached hydrogens (primary N) is 1. The van der Waals surface area contributed by atoms with E-state index in [1.54, 1.807) is 6.07 Å². The molecule has 0 amide bonds. The van der Waals surface area contributed by atoms with Gasteiger partial charge in [-0.15, -0.1) is 0 Å². The molecule has 1 aromatic rings. The minimum atomic E-state index is -0.286. The molecular formula is C15H21FN2S. The molecule has 19 heavy (non-hydrogen) atoms. The molecule has 0 aromatic heterocycles. The molecule has 0 spiro atoms. The van der Waals surface area contributed by atoms with Crippen molar-refractivity contribution in [1.82, 2.24) is 4.90 Å². The molecule has 0 aliphatic carbocycles. The predicted octanol–water partition coefficient (Wildman–Crippen LogP) is 3.22. The molecule has 1 fully saturated rings. The van der Waals surface area contributed by atoms with Crippen LogP contribution in [-0.4, -0.2) is 22.0 Å². The SMILES string of the molecule is CC1CCCC(C)N1Cc1ccc(F)cc1C(N)=S. The molecule has 1 aliphatic heterocycles. The van der Waals surface area contributed by atoms with Gasteiger partial charge in [0, 0.05) is 24.2 Å². The van der Waals surface area contributed by atoms with E-state index in [0.29, 0.717) is 17.6 Å². The number of rotatable bonds is 3. The normalized spacial score (nSPS) is 24.4. The minimum Gasteiger partial charge on any atom is -0.389 e. The summed E-state index contributed by atoms with van der Waals surface area (Å²) < 4.78 is 13.3. The van der Waals surface area contributed by atoms with Crippen molar-refractivity contribution in [3.05, 3.63) is 35.1 Å². The highest BCUT2D eigenvalue weighted by Gasteiger charge is 2.25. The van der Waals surface area contributed by atoms with Crippen LogP contribution in [0.4, 0.5) is 4.39 Å². The second-order valence-corrected chi connectivity index (χ2v) is 5.91. The highest BCUT2D eigenvalue weighted by atomic mass is 32.1. The van der Waals surface area contributed by atoms with E-state index in [1.807, 2.05) is 0 Å². The first kappa shape index (κ1) is 14.4. The minimum absolute atomic E-state index is 0.270. The van der Waals surface area contributed by atoms with Gasteiger partial charge in [-0.25, -0.2) is 4.39 Å². The number of piperidine rings is 1. The maximum atomic E-state index is 13.3. The summed E-state index contributed by atoms with van der Waals surface area (Å²) in [6.45, 7) is 5.29. The summed E-state index contributed by atoms with van der Waals surface area (Å²) in [6.07, 6.45) is 3.71. The zero-order valence-electron chi connectivity index (χ0n) is 11.5. The van der Waals surface area contributed by atoms with E-state index in [1.165, 1.54) is 31.4 Å². The van der Waals surface area contributed by atoms with Gasteiger partial charge in [0.2, 0.25) is 0 Å². The zero-order chi connectivity index (χ0) is 14.0. The molecule has 2 N–H and O–H groups in total. The first-order chi connectivity index (χ1) is 8.99. The smallest absolute Gasteiger partial charge is 0.123 e. The Morgan fingerprint density at radius 2 is 2.00 bits per heavy atom.